The van der Waals surface area contributed by atoms with Gasteiger partial charge in [-0.3, -0.25) is 0 Å². The minimum Gasteiger partial charge on any atom is -0.195 e. The molecule has 0 aliphatic heterocycles. The van der Waals surface area contributed by atoms with E-state index in [-0.39, 0.29) is 12.3 Å². The van der Waals surface area contributed by atoms with E-state index in [4.69, 9.17) is 10.5 Å². The minimum absolute atomic E-state index is 0.0706. The van der Waals surface area contributed by atoms with Crippen molar-refractivity contribution < 1.29 is 7.77 Å². The van der Waals surface area contributed by atoms with E-state index in [2.05, 4.69) is 0 Å². The molecule has 0 rings (SSSR count). The van der Waals surface area contributed by atoms with E-state index in [1.807, 2.05) is 0 Å². The number of halogens is 2. The van der Waals surface area contributed by atoms with Crippen molar-refractivity contribution in [2.24, 2.45) is 5.92 Å². The molecule has 0 N–H and O–H groups in total. The maximum Gasteiger partial charge on any atom is 0.224 e. The van der Waals surface area contributed by atoms with Crippen molar-refractivity contribution in [2.75, 3.05) is 6.26 Å². The van der Waals surface area contributed by atoms with Gasteiger partial charge in [-0.25, -0.2) is 0 Å². The zero-order valence-corrected chi connectivity index (χ0v) is 8.66. The number of nitrogens with zero attached hydrogens (tertiary/aromatic N) is 2. The number of hydrogen-bond acceptors (Lipinski definition) is 2. The van der Waals surface area contributed by atoms with Crippen molar-refractivity contribution in [3.05, 3.63) is 0 Å². The number of hydrogen-bond donors (Lipinski definition) is 0. The molecule has 0 bridgehead atoms. The van der Waals surface area contributed by atoms with Crippen LogP contribution in [0.4, 0.5) is 7.77 Å². The normalized spacial score (nSPS) is 13.5. The summed E-state index contributed by atoms with van der Waals surface area (Å²) in [5, 5.41) is 17.3. The van der Waals surface area contributed by atoms with Crippen molar-refractivity contribution in [1.29, 1.82) is 10.5 Å². The topological polar surface area (TPSA) is 47.6 Å². The second-order valence-corrected chi connectivity index (χ2v) is 5.52. The van der Waals surface area contributed by atoms with Crippen LogP contribution in [0.1, 0.15) is 20.3 Å². The molecule has 0 radical (unpaired) electrons. The Morgan fingerprint density at radius 1 is 1.31 bits per heavy atom. The molecular weight excluding hydrogens is 194 g/mol. The summed E-state index contributed by atoms with van der Waals surface area (Å²) in [6.07, 6.45) is 0.626. The van der Waals surface area contributed by atoms with Gasteiger partial charge in [0.2, 0.25) is 4.75 Å². The van der Waals surface area contributed by atoms with E-state index >= 15 is 0 Å². The molecule has 0 fully saturated rings. The molecule has 0 amide bonds. The fourth-order valence-electron chi connectivity index (χ4n) is 0.998. The molecule has 0 aliphatic carbocycles. The summed E-state index contributed by atoms with van der Waals surface area (Å²) in [4.78, 5) is 0. The standard InChI is InChI=1S/C8H12F2N2S/c1-7(2)4-8(5-11,6-12)13(3,9)10/h7H,4H2,1-3H3. The molecule has 0 saturated carbocycles. The van der Waals surface area contributed by atoms with E-state index in [9.17, 15) is 7.77 Å². The third-order valence-electron chi connectivity index (χ3n) is 1.67. The van der Waals surface area contributed by atoms with Crippen molar-refractivity contribution in [1.82, 2.24) is 0 Å². The van der Waals surface area contributed by atoms with Crippen LogP contribution < -0.4 is 0 Å². The summed E-state index contributed by atoms with van der Waals surface area (Å²) in [6, 6.07) is 2.92. The molecule has 0 saturated heterocycles. The van der Waals surface area contributed by atoms with E-state index in [1.54, 1.807) is 13.8 Å². The lowest BCUT2D eigenvalue weighted by Crippen LogP contribution is -2.29. The van der Waals surface area contributed by atoms with Crippen molar-refractivity contribution in [3.63, 3.8) is 0 Å². The molecule has 2 nitrogen and oxygen atoms in total. The highest BCUT2D eigenvalue weighted by Gasteiger charge is 2.47. The molecule has 0 spiro atoms. The van der Waals surface area contributed by atoms with Gasteiger partial charge in [-0.15, -0.1) is 0 Å². The van der Waals surface area contributed by atoms with E-state index in [0.717, 1.165) is 0 Å². The quantitative estimate of drug-likeness (QED) is 0.712. The molecule has 5 heteroatoms. The Morgan fingerprint density at radius 3 is 1.77 bits per heavy atom. The van der Waals surface area contributed by atoms with E-state index in [1.165, 1.54) is 12.1 Å². The summed E-state index contributed by atoms with van der Waals surface area (Å²) in [5.41, 5.74) is 0. The maximum atomic E-state index is 13.0. The van der Waals surface area contributed by atoms with Gasteiger partial charge >= 0.3 is 0 Å². The van der Waals surface area contributed by atoms with Gasteiger partial charge in [0.05, 0.1) is 22.9 Å². The lowest BCUT2D eigenvalue weighted by molar-refractivity contribution is 0.540. The van der Waals surface area contributed by atoms with Gasteiger partial charge in [0, 0.05) is 6.26 Å². The smallest absolute Gasteiger partial charge is 0.195 e. The molecular formula is C8H12F2N2S. The van der Waals surface area contributed by atoms with Gasteiger partial charge in [0.15, 0.2) is 0 Å². The van der Waals surface area contributed by atoms with Gasteiger partial charge in [-0.2, -0.15) is 18.3 Å². The van der Waals surface area contributed by atoms with Crippen molar-refractivity contribution in [2.45, 2.75) is 25.0 Å². The molecule has 74 valence electrons. The molecule has 0 aliphatic rings. The van der Waals surface area contributed by atoms with Crippen LogP contribution in [0.5, 0.6) is 0 Å². The Hall–Kier alpha value is -0.810. The Kier molecular flexibility index (Phi) is 3.69. The highest BCUT2D eigenvalue weighted by Crippen LogP contribution is 2.61. The molecule has 0 atom stereocenters. The van der Waals surface area contributed by atoms with Crippen molar-refractivity contribution in [3.8, 4) is 12.1 Å². The first-order valence-electron chi connectivity index (χ1n) is 3.78. The fraction of sp³-hybridized carbons (Fsp3) is 0.750. The lowest BCUT2D eigenvalue weighted by Gasteiger charge is -2.29. The van der Waals surface area contributed by atoms with Crippen LogP contribution in [0.3, 0.4) is 0 Å². The van der Waals surface area contributed by atoms with Gasteiger partial charge < -0.3 is 0 Å². The van der Waals surface area contributed by atoms with E-state index in [0.29, 0.717) is 6.26 Å². The second-order valence-electron chi connectivity index (χ2n) is 3.37. The Morgan fingerprint density at radius 2 is 1.69 bits per heavy atom. The van der Waals surface area contributed by atoms with Crippen molar-refractivity contribution >= 4 is 10.8 Å². The predicted octanol–water partition coefficient (Wildman–Crippen LogP) is 3.02. The van der Waals surface area contributed by atoms with Crippen LogP contribution in [-0.4, -0.2) is 11.0 Å². The zero-order chi connectivity index (χ0) is 10.7. The summed E-state index contributed by atoms with van der Waals surface area (Å²) in [7, 11) is -4.14. The molecule has 0 unspecified atom stereocenters. The molecule has 0 heterocycles. The Labute approximate surface area is 79.1 Å². The Balaban J connectivity index is 5.00. The molecule has 0 aromatic rings. The maximum absolute atomic E-state index is 13.0. The Bertz CT molecular complexity index is 243. The average molecular weight is 206 g/mol. The van der Waals surface area contributed by atoms with Gasteiger partial charge in [-0.1, -0.05) is 13.8 Å². The van der Waals surface area contributed by atoms with Gasteiger partial charge in [0.1, 0.15) is 0 Å². The van der Waals surface area contributed by atoms with Crippen LogP contribution in [0.25, 0.3) is 0 Å². The first-order valence-corrected chi connectivity index (χ1v) is 5.63. The highest BCUT2D eigenvalue weighted by molar-refractivity contribution is 8.26. The van der Waals surface area contributed by atoms with Crippen LogP contribution in [-0.2, 0) is 0 Å². The predicted molar refractivity (Wildman–Crippen MR) is 49.1 cm³/mol. The van der Waals surface area contributed by atoms with Crippen LogP contribution >= 0.6 is 10.8 Å². The number of nitriles is 2. The monoisotopic (exact) mass is 206 g/mol. The molecule has 0 aromatic heterocycles. The first-order chi connectivity index (χ1) is 5.79. The minimum atomic E-state index is -4.14. The van der Waals surface area contributed by atoms with Crippen LogP contribution in [0.15, 0.2) is 0 Å². The summed E-state index contributed by atoms with van der Waals surface area (Å²) in [6.45, 7) is 3.43. The SMILES string of the molecule is CC(C)CC(C#N)(C#N)S(C)(F)F. The van der Waals surface area contributed by atoms with Crippen LogP contribution in [0, 0.1) is 28.6 Å². The molecule has 0 aromatic carbocycles. The van der Waals surface area contributed by atoms with Crippen LogP contribution in [0.2, 0.25) is 0 Å². The summed E-state index contributed by atoms with van der Waals surface area (Å²) in [5.74, 6) is -0.0855. The average Bonchev–Trinajstić information content (AvgIpc) is 1.97. The third kappa shape index (κ3) is 2.57. The molecule has 13 heavy (non-hydrogen) atoms. The first kappa shape index (κ1) is 12.2. The number of rotatable bonds is 3. The van der Waals surface area contributed by atoms with Gasteiger partial charge in [-0.05, 0) is 12.3 Å². The lowest BCUT2D eigenvalue weighted by atomic mass is 9.99. The summed E-state index contributed by atoms with van der Waals surface area (Å²) < 4.78 is 24.0. The largest absolute Gasteiger partial charge is 0.224 e. The second kappa shape index (κ2) is 3.93. The zero-order valence-electron chi connectivity index (χ0n) is 7.84. The summed E-state index contributed by atoms with van der Waals surface area (Å²) >= 11 is 0. The fourth-order valence-corrected chi connectivity index (χ4v) is 1.94. The third-order valence-corrected chi connectivity index (χ3v) is 3.24. The van der Waals surface area contributed by atoms with Gasteiger partial charge in [0.25, 0.3) is 0 Å². The van der Waals surface area contributed by atoms with E-state index < -0.39 is 15.5 Å². The highest BCUT2D eigenvalue weighted by atomic mass is 32.3.